The molecule has 0 aromatic rings. The van der Waals surface area contributed by atoms with Gasteiger partial charge in [-0.2, -0.15) is 11.8 Å². The van der Waals surface area contributed by atoms with Crippen LogP contribution in [0.25, 0.3) is 0 Å². The van der Waals surface area contributed by atoms with Gasteiger partial charge >= 0.3 is 0 Å². The molecule has 1 nitrogen and oxygen atoms in total. The van der Waals surface area contributed by atoms with Gasteiger partial charge in [0.15, 0.2) is 0 Å². The second-order valence-electron chi connectivity index (χ2n) is 4.91. The van der Waals surface area contributed by atoms with Gasteiger partial charge in [0.05, 0.1) is 26.2 Å². The smallest absolute Gasteiger partial charge is 0.0878 e. The van der Waals surface area contributed by atoms with Crippen LogP contribution in [0.5, 0.6) is 0 Å². The summed E-state index contributed by atoms with van der Waals surface area (Å²) < 4.78 is 1.44. The third-order valence-corrected chi connectivity index (χ3v) is 4.55. The van der Waals surface area contributed by atoms with Crippen molar-refractivity contribution in [1.29, 1.82) is 0 Å². The highest BCUT2D eigenvalue weighted by atomic mass is 32.2. The molecule has 0 amide bonds. The molecule has 0 atom stereocenters. The number of nitrogens with zero attached hydrogens (tertiary/aromatic N) is 1. The van der Waals surface area contributed by atoms with Crippen LogP contribution in [-0.2, 0) is 0 Å². The maximum absolute atomic E-state index is 2.34. The van der Waals surface area contributed by atoms with E-state index >= 15 is 0 Å². The first-order chi connectivity index (χ1) is 7.33. The SMILES string of the molecule is CCCCCC[N+]1(CCC)CCSCC1. The lowest BCUT2D eigenvalue weighted by Gasteiger charge is -2.41. The Morgan fingerprint density at radius 1 is 0.867 bits per heavy atom. The summed E-state index contributed by atoms with van der Waals surface area (Å²) in [6, 6.07) is 0. The summed E-state index contributed by atoms with van der Waals surface area (Å²) in [4.78, 5) is 0. The Hall–Kier alpha value is 0.310. The normalized spacial score (nSPS) is 20.4. The summed E-state index contributed by atoms with van der Waals surface area (Å²) in [5, 5.41) is 0. The molecular weight excluding hydrogens is 202 g/mol. The second-order valence-corrected chi connectivity index (χ2v) is 6.13. The van der Waals surface area contributed by atoms with E-state index in [1.54, 1.807) is 0 Å². The van der Waals surface area contributed by atoms with Gasteiger partial charge in [0.2, 0.25) is 0 Å². The zero-order chi connectivity index (χ0) is 11.0. The lowest BCUT2D eigenvalue weighted by atomic mass is 10.1. The molecule has 1 rings (SSSR count). The van der Waals surface area contributed by atoms with Crippen molar-refractivity contribution in [2.45, 2.75) is 46.0 Å². The van der Waals surface area contributed by atoms with Crippen LogP contribution < -0.4 is 0 Å². The molecule has 0 radical (unpaired) electrons. The third kappa shape index (κ3) is 4.78. The number of hydrogen-bond acceptors (Lipinski definition) is 1. The highest BCUT2D eigenvalue weighted by molar-refractivity contribution is 7.99. The Bertz CT molecular complexity index is 147. The van der Waals surface area contributed by atoms with Gasteiger partial charge in [-0.1, -0.05) is 26.7 Å². The van der Waals surface area contributed by atoms with Crippen LogP contribution in [-0.4, -0.2) is 42.2 Å². The molecular formula is C13H28NS+. The first kappa shape index (κ1) is 13.4. The van der Waals surface area contributed by atoms with Crippen LogP contribution in [0.15, 0.2) is 0 Å². The Morgan fingerprint density at radius 3 is 2.20 bits per heavy atom. The minimum Gasteiger partial charge on any atom is -0.322 e. The van der Waals surface area contributed by atoms with Crippen molar-refractivity contribution in [3.05, 3.63) is 0 Å². The summed E-state index contributed by atoms with van der Waals surface area (Å²) in [6.45, 7) is 10.4. The zero-order valence-electron chi connectivity index (χ0n) is 10.6. The van der Waals surface area contributed by atoms with Gasteiger partial charge in [-0.15, -0.1) is 0 Å². The maximum Gasteiger partial charge on any atom is 0.0878 e. The first-order valence-corrected chi connectivity index (χ1v) is 7.91. The molecule has 0 saturated carbocycles. The van der Waals surface area contributed by atoms with Crippen molar-refractivity contribution in [3.63, 3.8) is 0 Å². The standard InChI is InChI=1S/C13H28NS/c1-3-5-6-7-9-14(8-4-2)10-12-15-13-11-14/h3-13H2,1-2H3/q+1. The van der Waals surface area contributed by atoms with Crippen LogP contribution in [0.4, 0.5) is 0 Å². The monoisotopic (exact) mass is 230 g/mol. The van der Waals surface area contributed by atoms with E-state index in [9.17, 15) is 0 Å². The van der Waals surface area contributed by atoms with Crippen LogP contribution in [0.2, 0.25) is 0 Å². The predicted molar refractivity (Wildman–Crippen MR) is 71.5 cm³/mol. The van der Waals surface area contributed by atoms with Crippen molar-refractivity contribution < 1.29 is 4.48 Å². The third-order valence-electron chi connectivity index (χ3n) is 3.60. The number of thioether (sulfide) groups is 1. The van der Waals surface area contributed by atoms with Gasteiger partial charge in [-0.25, -0.2) is 0 Å². The van der Waals surface area contributed by atoms with Gasteiger partial charge in [0.1, 0.15) is 0 Å². The van der Waals surface area contributed by atoms with E-state index in [1.807, 2.05) is 0 Å². The summed E-state index contributed by atoms with van der Waals surface area (Å²) >= 11 is 2.15. The number of hydrogen-bond donors (Lipinski definition) is 0. The summed E-state index contributed by atoms with van der Waals surface area (Å²) in [5.74, 6) is 2.79. The van der Waals surface area contributed by atoms with Crippen LogP contribution in [0, 0.1) is 0 Å². The van der Waals surface area contributed by atoms with E-state index in [0.29, 0.717) is 0 Å². The highest BCUT2D eigenvalue weighted by Crippen LogP contribution is 2.20. The fourth-order valence-corrected chi connectivity index (χ4v) is 3.87. The van der Waals surface area contributed by atoms with Crippen molar-refractivity contribution >= 4 is 11.8 Å². The maximum atomic E-state index is 2.34. The molecule has 1 saturated heterocycles. The zero-order valence-corrected chi connectivity index (χ0v) is 11.5. The average Bonchev–Trinajstić information content (AvgIpc) is 2.26. The molecule has 1 aliphatic heterocycles. The fraction of sp³-hybridized carbons (Fsp3) is 1.00. The quantitative estimate of drug-likeness (QED) is 0.476. The van der Waals surface area contributed by atoms with E-state index in [2.05, 4.69) is 25.6 Å². The highest BCUT2D eigenvalue weighted by Gasteiger charge is 2.28. The van der Waals surface area contributed by atoms with Gasteiger partial charge in [-0.3, -0.25) is 0 Å². The predicted octanol–water partition coefficient (Wildman–Crippen LogP) is 3.54. The molecule has 0 aliphatic carbocycles. The van der Waals surface area contributed by atoms with Crippen molar-refractivity contribution in [1.82, 2.24) is 0 Å². The van der Waals surface area contributed by atoms with E-state index in [0.717, 1.165) is 0 Å². The van der Waals surface area contributed by atoms with Crippen molar-refractivity contribution in [2.75, 3.05) is 37.7 Å². The molecule has 1 aliphatic rings. The molecule has 2 heteroatoms. The molecule has 15 heavy (non-hydrogen) atoms. The minimum atomic E-state index is 1.36. The summed E-state index contributed by atoms with van der Waals surface area (Å²) in [6.07, 6.45) is 7.06. The Morgan fingerprint density at radius 2 is 1.60 bits per heavy atom. The van der Waals surface area contributed by atoms with E-state index in [-0.39, 0.29) is 0 Å². The molecule has 0 unspecified atom stereocenters. The van der Waals surface area contributed by atoms with Crippen molar-refractivity contribution in [3.8, 4) is 0 Å². The Labute approximate surface area is 100 Å². The average molecular weight is 230 g/mol. The van der Waals surface area contributed by atoms with E-state index in [1.165, 1.54) is 74.3 Å². The number of unbranched alkanes of at least 4 members (excludes halogenated alkanes) is 3. The van der Waals surface area contributed by atoms with Crippen LogP contribution >= 0.6 is 11.8 Å². The summed E-state index contributed by atoms with van der Waals surface area (Å²) in [7, 11) is 0. The van der Waals surface area contributed by atoms with Crippen molar-refractivity contribution in [2.24, 2.45) is 0 Å². The molecule has 1 fully saturated rings. The lowest BCUT2D eigenvalue weighted by molar-refractivity contribution is -0.925. The minimum absolute atomic E-state index is 1.36. The van der Waals surface area contributed by atoms with Gasteiger partial charge in [0.25, 0.3) is 0 Å². The number of rotatable bonds is 7. The number of quaternary nitrogens is 1. The molecule has 90 valence electrons. The summed E-state index contributed by atoms with van der Waals surface area (Å²) in [5.41, 5.74) is 0. The topological polar surface area (TPSA) is 0 Å². The second kappa shape index (κ2) is 7.56. The van der Waals surface area contributed by atoms with Gasteiger partial charge < -0.3 is 4.48 Å². The molecule has 0 aromatic carbocycles. The molecule has 0 bridgehead atoms. The first-order valence-electron chi connectivity index (χ1n) is 6.76. The molecule has 0 spiro atoms. The fourth-order valence-electron chi connectivity index (χ4n) is 2.64. The Balaban J connectivity index is 2.28. The lowest BCUT2D eigenvalue weighted by Crippen LogP contribution is -2.54. The largest absolute Gasteiger partial charge is 0.322 e. The van der Waals surface area contributed by atoms with E-state index in [4.69, 9.17) is 0 Å². The van der Waals surface area contributed by atoms with E-state index < -0.39 is 0 Å². The molecule has 0 N–H and O–H groups in total. The van der Waals surface area contributed by atoms with Gasteiger partial charge in [0, 0.05) is 11.5 Å². The van der Waals surface area contributed by atoms with Crippen LogP contribution in [0.3, 0.4) is 0 Å². The Kier molecular flexibility index (Phi) is 6.74. The molecule has 0 aromatic heterocycles. The van der Waals surface area contributed by atoms with Crippen LogP contribution in [0.1, 0.15) is 46.0 Å². The molecule has 1 heterocycles. The van der Waals surface area contributed by atoms with Gasteiger partial charge in [-0.05, 0) is 19.3 Å².